The Morgan fingerprint density at radius 1 is 1.07 bits per heavy atom. The van der Waals surface area contributed by atoms with Gasteiger partial charge in [-0.2, -0.15) is 0 Å². The average molecular weight is 208 g/mol. The monoisotopic (exact) mass is 208 g/mol. The second-order valence-electron chi connectivity index (χ2n) is 4.62. The molecule has 0 aromatic rings. The molecule has 86 valence electrons. The summed E-state index contributed by atoms with van der Waals surface area (Å²) in [5.41, 5.74) is 1.12. The van der Waals surface area contributed by atoms with Crippen LogP contribution in [0.4, 0.5) is 0 Å². The second-order valence-corrected chi connectivity index (χ2v) is 4.62. The highest BCUT2D eigenvalue weighted by Gasteiger charge is 2.28. The first-order valence-corrected chi connectivity index (χ1v) is 6.54. The van der Waals surface area contributed by atoms with Crippen LogP contribution in [-0.2, 0) is 4.79 Å². The summed E-state index contributed by atoms with van der Waals surface area (Å²) in [5.74, 6) is 0.732. The molecule has 0 fully saturated rings. The third-order valence-electron chi connectivity index (χ3n) is 3.22. The average Bonchev–Trinajstić information content (AvgIpc) is 2.25. The smallest absolute Gasteiger partial charge is 0.165 e. The van der Waals surface area contributed by atoms with Crippen LogP contribution >= 0.6 is 0 Å². The Labute approximate surface area is 93.9 Å². The summed E-state index contributed by atoms with van der Waals surface area (Å²) in [6.45, 7) is 4.40. The van der Waals surface area contributed by atoms with Crippen LogP contribution < -0.4 is 0 Å². The van der Waals surface area contributed by atoms with Crippen molar-refractivity contribution in [3.63, 3.8) is 0 Å². The first-order chi connectivity index (χ1) is 7.29. The van der Waals surface area contributed by atoms with Crippen molar-refractivity contribution in [2.75, 3.05) is 0 Å². The second kappa shape index (κ2) is 6.81. The summed E-state index contributed by atoms with van der Waals surface area (Å²) in [6, 6.07) is 0. The van der Waals surface area contributed by atoms with Gasteiger partial charge in [0, 0.05) is 5.92 Å². The molecule has 1 atom stereocenters. The third-order valence-corrected chi connectivity index (χ3v) is 3.22. The Kier molecular flexibility index (Phi) is 5.67. The van der Waals surface area contributed by atoms with Gasteiger partial charge in [0.15, 0.2) is 5.78 Å². The number of carbonyl (C=O) groups excluding carboxylic acids is 1. The van der Waals surface area contributed by atoms with Crippen LogP contribution in [0.3, 0.4) is 0 Å². The van der Waals surface area contributed by atoms with E-state index in [1.807, 2.05) is 0 Å². The maximum atomic E-state index is 11.7. The molecule has 1 aliphatic carbocycles. The number of Topliss-reactive ketones (excluding diaryl/α,β-unsaturated/α-hetero) is 1. The molecule has 1 unspecified atom stereocenters. The Morgan fingerprint density at radius 3 is 2.33 bits per heavy atom. The van der Waals surface area contributed by atoms with Gasteiger partial charge in [-0.05, 0) is 24.8 Å². The summed E-state index contributed by atoms with van der Waals surface area (Å²) < 4.78 is 0. The molecular formula is C14H24O. The van der Waals surface area contributed by atoms with E-state index < -0.39 is 0 Å². The molecule has 0 radical (unpaired) electrons. The number of ketones is 1. The molecule has 0 amide bonds. The normalized spacial score (nSPS) is 20.0. The van der Waals surface area contributed by atoms with Gasteiger partial charge < -0.3 is 0 Å². The Morgan fingerprint density at radius 2 is 1.73 bits per heavy atom. The zero-order valence-corrected chi connectivity index (χ0v) is 10.2. The van der Waals surface area contributed by atoms with Crippen molar-refractivity contribution in [2.45, 2.75) is 65.2 Å². The quantitative estimate of drug-likeness (QED) is 0.544. The first kappa shape index (κ1) is 12.5. The topological polar surface area (TPSA) is 17.1 Å². The summed E-state index contributed by atoms with van der Waals surface area (Å²) in [6.07, 6.45) is 11.7. The van der Waals surface area contributed by atoms with Gasteiger partial charge in [0.1, 0.15) is 0 Å². The fourth-order valence-electron chi connectivity index (χ4n) is 2.14. The lowest BCUT2D eigenvalue weighted by atomic mass is 9.79. The van der Waals surface area contributed by atoms with E-state index in [1.54, 1.807) is 0 Å². The SMILES string of the molecule is CCCCCC1=CC(CCCCC)C1=O. The van der Waals surface area contributed by atoms with Gasteiger partial charge in [0.25, 0.3) is 0 Å². The van der Waals surface area contributed by atoms with Gasteiger partial charge in [-0.3, -0.25) is 4.79 Å². The van der Waals surface area contributed by atoms with Gasteiger partial charge in [-0.15, -0.1) is 0 Å². The minimum Gasteiger partial charge on any atom is -0.294 e. The van der Waals surface area contributed by atoms with Gasteiger partial charge >= 0.3 is 0 Å². The molecule has 0 bridgehead atoms. The van der Waals surface area contributed by atoms with Crippen LogP contribution in [0.2, 0.25) is 0 Å². The summed E-state index contributed by atoms with van der Waals surface area (Å²) in [5, 5.41) is 0. The Bertz CT molecular complexity index is 227. The van der Waals surface area contributed by atoms with Crippen molar-refractivity contribution in [3.05, 3.63) is 11.6 Å². The molecule has 0 aliphatic heterocycles. The number of hydrogen-bond donors (Lipinski definition) is 0. The maximum Gasteiger partial charge on any atom is 0.165 e. The molecule has 0 N–H and O–H groups in total. The van der Waals surface area contributed by atoms with Crippen molar-refractivity contribution in [3.8, 4) is 0 Å². The van der Waals surface area contributed by atoms with Crippen molar-refractivity contribution in [2.24, 2.45) is 5.92 Å². The molecule has 15 heavy (non-hydrogen) atoms. The molecule has 0 aromatic heterocycles. The molecule has 1 rings (SSSR count). The first-order valence-electron chi connectivity index (χ1n) is 6.54. The summed E-state index contributed by atoms with van der Waals surface area (Å²) in [7, 11) is 0. The number of carbonyl (C=O) groups is 1. The highest BCUT2D eigenvalue weighted by Crippen LogP contribution is 2.29. The van der Waals surface area contributed by atoms with E-state index in [4.69, 9.17) is 0 Å². The van der Waals surface area contributed by atoms with Crippen LogP contribution in [0.25, 0.3) is 0 Å². The maximum absolute atomic E-state index is 11.7. The fourth-order valence-corrected chi connectivity index (χ4v) is 2.14. The van der Waals surface area contributed by atoms with E-state index in [1.165, 1.54) is 38.5 Å². The molecule has 0 saturated heterocycles. The number of unbranched alkanes of at least 4 members (excludes halogenated alkanes) is 4. The predicted molar refractivity (Wildman–Crippen MR) is 64.9 cm³/mol. The zero-order valence-electron chi connectivity index (χ0n) is 10.2. The number of hydrogen-bond acceptors (Lipinski definition) is 1. The molecular weight excluding hydrogens is 184 g/mol. The zero-order chi connectivity index (χ0) is 11.1. The van der Waals surface area contributed by atoms with E-state index >= 15 is 0 Å². The standard InChI is InChI=1S/C14H24O/c1-3-5-7-9-12-11-13(14(12)15)10-8-6-4-2/h11-12H,3-10H2,1-2H3. The Hall–Kier alpha value is -0.590. The van der Waals surface area contributed by atoms with Crippen LogP contribution in [-0.4, -0.2) is 5.78 Å². The van der Waals surface area contributed by atoms with Crippen LogP contribution in [0.1, 0.15) is 65.2 Å². The van der Waals surface area contributed by atoms with Gasteiger partial charge in [-0.1, -0.05) is 52.0 Å². The minimum absolute atomic E-state index is 0.285. The fraction of sp³-hybridized carbons (Fsp3) is 0.786. The Balaban J connectivity index is 2.15. The van der Waals surface area contributed by atoms with Gasteiger partial charge in [0.2, 0.25) is 0 Å². The van der Waals surface area contributed by atoms with E-state index in [9.17, 15) is 4.79 Å². The molecule has 1 heteroatoms. The van der Waals surface area contributed by atoms with Crippen LogP contribution in [0.5, 0.6) is 0 Å². The number of rotatable bonds is 8. The highest BCUT2D eigenvalue weighted by atomic mass is 16.1. The summed E-state index contributed by atoms with van der Waals surface area (Å²) >= 11 is 0. The van der Waals surface area contributed by atoms with Gasteiger partial charge in [-0.25, -0.2) is 0 Å². The predicted octanol–water partition coefficient (Wildman–Crippen LogP) is 4.27. The van der Waals surface area contributed by atoms with E-state index in [2.05, 4.69) is 19.9 Å². The number of allylic oxidation sites excluding steroid dienone is 2. The van der Waals surface area contributed by atoms with Gasteiger partial charge in [0.05, 0.1) is 0 Å². The molecule has 1 aliphatic rings. The lowest BCUT2D eigenvalue weighted by molar-refractivity contribution is -0.120. The summed E-state index contributed by atoms with van der Waals surface area (Å²) in [4.78, 5) is 11.7. The molecule has 0 saturated carbocycles. The van der Waals surface area contributed by atoms with Crippen molar-refractivity contribution in [1.82, 2.24) is 0 Å². The van der Waals surface area contributed by atoms with Crippen LogP contribution in [0, 0.1) is 5.92 Å². The lowest BCUT2D eigenvalue weighted by Crippen LogP contribution is -2.24. The third kappa shape index (κ3) is 3.81. The highest BCUT2D eigenvalue weighted by molar-refractivity contribution is 6.04. The van der Waals surface area contributed by atoms with E-state index in [0.29, 0.717) is 5.78 Å². The largest absolute Gasteiger partial charge is 0.294 e. The molecule has 1 nitrogen and oxygen atoms in total. The van der Waals surface area contributed by atoms with E-state index in [0.717, 1.165) is 18.4 Å². The molecule has 0 spiro atoms. The van der Waals surface area contributed by atoms with Crippen molar-refractivity contribution >= 4 is 5.78 Å². The van der Waals surface area contributed by atoms with Crippen molar-refractivity contribution < 1.29 is 4.79 Å². The van der Waals surface area contributed by atoms with Crippen LogP contribution in [0.15, 0.2) is 11.6 Å². The molecule has 0 heterocycles. The minimum atomic E-state index is 0.285. The lowest BCUT2D eigenvalue weighted by Gasteiger charge is -2.23. The molecule has 0 aromatic carbocycles. The van der Waals surface area contributed by atoms with Crippen molar-refractivity contribution in [1.29, 1.82) is 0 Å². The van der Waals surface area contributed by atoms with E-state index in [-0.39, 0.29) is 5.92 Å².